The summed E-state index contributed by atoms with van der Waals surface area (Å²) in [5, 5.41) is 76.7. The molecule has 0 aromatic heterocycles. The minimum atomic E-state index is -1.75. The van der Waals surface area contributed by atoms with E-state index in [2.05, 4.69) is 0 Å². The van der Waals surface area contributed by atoms with Gasteiger partial charge in [-0.3, -0.25) is 0 Å². The molecule has 0 radical (unpaired) electrons. The lowest BCUT2D eigenvalue weighted by molar-refractivity contribution is -0.361. The highest BCUT2D eigenvalue weighted by atomic mass is 16.7. The van der Waals surface area contributed by atoms with Crippen LogP contribution in [0.4, 0.5) is 0 Å². The Kier molecular flexibility index (Phi) is 6.27. The monoisotopic (exact) mass is 342 g/mol. The van der Waals surface area contributed by atoms with E-state index in [4.69, 9.17) is 24.4 Å². The van der Waals surface area contributed by atoms with Crippen LogP contribution in [0.15, 0.2) is 0 Å². The summed E-state index contributed by atoms with van der Waals surface area (Å²) < 4.78 is 15.1. The Morgan fingerprint density at radius 1 is 0.652 bits per heavy atom. The largest absolute Gasteiger partial charge is 0.394 e. The van der Waals surface area contributed by atoms with Gasteiger partial charge in [-0.1, -0.05) is 0 Å². The standard InChI is InChI=1S/C12H22O11/c13-1-3-6(16)8(18)10(11(20)21-3)23-12-9(19)7(17)5(15)4(2-14)22-12/h3-20H,1-2H2/t3-,4-,5-,6-,7+,8+,9+,10+,11?,12?/m1/s1. The fourth-order valence-electron chi connectivity index (χ4n) is 2.55. The van der Waals surface area contributed by atoms with Crippen LogP contribution in [-0.4, -0.2) is 115 Å². The van der Waals surface area contributed by atoms with Crippen molar-refractivity contribution < 1.29 is 55.1 Å². The maximum Gasteiger partial charge on any atom is 0.187 e. The molecule has 11 heteroatoms. The van der Waals surface area contributed by atoms with Gasteiger partial charge >= 0.3 is 0 Å². The zero-order valence-corrected chi connectivity index (χ0v) is 12.0. The first-order valence-electron chi connectivity index (χ1n) is 7.08. The Hall–Kier alpha value is -0.440. The Labute approximate surface area is 130 Å². The first-order chi connectivity index (χ1) is 10.8. The van der Waals surface area contributed by atoms with Crippen molar-refractivity contribution in [2.45, 2.75) is 61.4 Å². The molecule has 2 saturated heterocycles. The van der Waals surface area contributed by atoms with Gasteiger partial charge in [0.05, 0.1) is 13.2 Å². The fraction of sp³-hybridized carbons (Fsp3) is 1.00. The van der Waals surface area contributed by atoms with Crippen molar-refractivity contribution in [1.82, 2.24) is 0 Å². The van der Waals surface area contributed by atoms with Crippen molar-refractivity contribution in [1.29, 1.82) is 0 Å². The Bertz CT molecular complexity index is 380. The van der Waals surface area contributed by atoms with E-state index in [0.717, 1.165) is 0 Å². The predicted octanol–water partition coefficient (Wildman–Crippen LogP) is -5.40. The summed E-state index contributed by atoms with van der Waals surface area (Å²) in [6.07, 6.45) is -15.6. The van der Waals surface area contributed by atoms with Gasteiger partial charge in [0.1, 0.15) is 48.8 Å². The molecule has 0 aromatic rings. The van der Waals surface area contributed by atoms with Crippen LogP contribution in [0.5, 0.6) is 0 Å². The molecule has 2 aliphatic heterocycles. The normalized spacial score (nSPS) is 51.7. The third-order valence-electron chi connectivity index (χ3n) is 3.98. The van der Waals surface area contributed by atoms with Crippen molar-refractivity contribution in [3.05, 3.63) is 0 Å². The second-order valence-electron chi connectivity index (χ2n) is 5.53. The molecular weight excluding hydrogens is 320 g/mol. The van der Waals surface area contributed by atoms with E-state index in [1.807, 2.05) is 0 Å². The van der Waals surface area contributed by atoms with Gasteiger partial charge in [0, 0.05) is 0 Å². The first-order valence-corrected chi connectivity index (χ1v) is 7.08. The zero-order chi connectivity index (χ0) is 17.3. The van der Waals surface area contributed by atoms with E-state index >= 15 is 0 Å². The molecule has 2 unspecified atom stereocenters. The van der Waals surface area contributed by atoms with Gasteiger partial charge in [-0.25, -0.2) is 0 Å². The van der Waals surface area contributed by atoms with E-state index < -0.39 is 74.6 Å². The highest BCUT2D eigenvalue weighted by Crippen LogP contribution is 2.28. The molecule has 136 valence electrons. The molecule has 2 rings (SSSR count). The fourth-order valence-corrected chi connectivity index (χ4v) is 2.55. The van der Waals surface area contributed by atoms with Crippen LogP contribution in [0, 0.1) is 0 Å². The van der Waals surface area contributed by atoms with Crippen LogP contribution in [0.3, 0.4) is 0 Å². The van der Waals surface area contributed by atoms with Gasteiger partial charge in [0.25, 0.3) is 0 Å². The third kappa shape index (κ3) is 3.65. The molecule has 0 aliphatic carbocycles. The van der Waals surface area contributed by atoms with Crippen LogP contribution in [0.25, 0.3) is 0 Å². The number of rotatable bonds is 4. The molecule has 2 heterocycles. The second-order valence-corrected chi connectivity index (χ2v) is 5.53. The van der Waals surface area contributed by atoms with E-state index in [-0.39, 0.29) is 0 Å². The molecule has 10 atom stereocenters. The number of hydrogen-bond donors (Lipinski definition) is 8. The maximum absolute atomic E-state index is 9.94. The highest BCUT2D eigenvalue weighted by molar-refractivity contribution is 4.93. The molecule has 2 fully saturated rings. The van der Waals surface area contributed by atoms with E-state index in [9.17, 15) is 30.6 Å². The molecule has 0 aromatic carbocycles. The Balaban J connectivity index is 2.08. The summed E-state index contributed by atoms with van der Waals surface area (Å²) in [5.74, 6) is 0. The van der Waals surface area contributed by atoms with Crippen molar-refractivity contribution in [3.63, 3.8) is 0 Å². The van der Waals surface area contributed by atoms with Gasteiger partial charge in [-0.2, -0.15) is 0 Å². The minimum Gasteiger partial charge on any atom is -0.394 e. The van der Waals surface area contributed by atoms with Crippen LogP contribution in [-0.2, 0) is 14.2 Å². The van der Waals surface area contributed by atoms with Crippen molar-refractivity contribution in [2.24, 2.45) is 0 Å². The van der Waals surface area contributed by atoms with E-state index in [1.54, 1.807) is 0 Å². The third-order valence-corrected chi connectivity index (χ3v) is 3.98. The average Bonchev–Trinajstić information content (AvgIpc) is 2.54. The van der Waals surface area contributed by atoms with Crippen LogP contribution < -0.4 is 0 Å². The molecule has 2 aliphatic rings. The lowest BCUT2D eigenvalue weighted by Gasteiger charge is -2.44. The molecule has 0 amide bonds. The quantitative estimate of drug-likeness (QED) is 0.243. The molecule has 0 saturated carbocycles. The van der Waals surface area contributed by atoms with Crippen molar-refractivity contribution in [3.8, 4) is 0 Å². The summed E-state index contributed by atoms with van der Waals surface area (Å²) in [7, 11) is 0. The summed E-state index contributed by atoms with van der Waals surface area (Å²) in [6.45, 7) is -1.33. The second kappa shape index (κ2) is 7.63. The lowest BCUT2D eigenvalue weighted by atomic mass is 9.97. The van der Waals surface area contributed by atoms with Crippen LogP contribution in [0.1, 0.15) is 0 Å². The molecule has 23 heavy (non-hydrogen) atoms. The topological polar surface area (TPSA) is 190 Å². The van der Waals surface area contributed by atoms with Crippen molar-refractivity contribution in [2.75, 3.05) is 13.2 Å². The van der Waals surface area contributed by atoms with Crippen molar-refractivity contribution >= 4 is 0 Å². The molecule has 0 spiro atoms. The average molecular weight is 342 g/mol. The zero-order valence-electron chi connectivity index (χ0n) is 12.0. The van der Waals surface area contributed by atoms with Crippen LogP contribution in [0.2, 0.25) is 0 Å². The van der Waals surface area contributed by atoms with Gasteiger partial charge in [0.2, 0.25) is 0 Å². The predicted molar refractivity (Wildman–Crippen MR) is 68.6 cm³/mol. The Morgan fingerprint density at radius 2 is 1.17 bits per heavy atom. The van der Waals surface area contributed by atoms with E-state index in [1.165, 1.54) is 0 Å². The summed E-state index contributed by atoms with van der Waals surface area (Å²) >= 11 is 0. The van der Waals surface area contributed by atoms with Gasteiger partial charge in [-0.15, -0.1) is 0 Å². The Morgan fingerprint density at radius 3 is 1.74 bits per heavy atom. The summed E-state index contributed by atoms with van der Waals surface area (Å²) in [6, 6.07) is 0. The lowest BCUT2D eigenvalue weighted by Crippen LogP contribution is -2.64. The van der Waals surface area contributed by atoms with Gasteiger partial charge in [0.15, 0.2) is 12.6 Å². The molecule has 0 bridgehead atoms. The minimum absolute atomic E-state index is 0.651. The summed E-state index contributed by atoms with van der Waals surface area (Å²) in [5.41, 5.74) is 0. The number of ether oxygens (including phenoxy) is 3. The summed E-state index contributed by atoms with van der Waals surface area (Å²) in [4.78, 5) is 0. The number of hydrogen-bond acceptors (Lipinski definition) is 11. The van der Waals surface area contributed by atoms with Crippen LogP contribution >= 0.6 is 0 Å². The highest BCUT2D eigenvalue weighted by Gasteiger charge is 2.50. The maximum atomic E-state index is 9.94. The van der Waals surface area contributed by atoms with Gasteiger partial charge < -0.3 is 55.1 Å². The number of aliphatic hydroxyl groups excluding tert-OH is 8. The molecular formula is C12H22O11. The molecule has 11 nitrogen and oxygen atoms in total. The number of aliphatic hydroxyl groups is 8. The first kappa shape index (κ1) is 18.9. The molecule has 8 N–H and O–H groups in total. The van der Waals surface area contributed by atoms with Gasteiger partial charge in [-0.05, 0) is 0 Å². The van der Waals surface area contributed by atoms with E-state index in [0.29, 0.717) is 0 Å². The smallest absolute Gasteiger partial charge is 0.187 e. The SMILES string of the molecule is OC[C@H]1OC(O[C@@H]2C(O)O[C@H](CO)[C@@H](O)[C@@H]2O)[C@@H](O)[C@@H](O)[C@@H]1O.